The summed E-state index contributed by atoms with van der Waals surface area (Å²) >= 11 is 1.64. The Hall–Kier alpha value is -1.00. The fourth-order valence-electron chi connectivity index (χ4n) is 1.46. The minimum atomic E-state index is 0.121. The van der Waals surface area contributed by atoms with Crippen molar-refractivity contribution in [3.8, 4) is 0 Å². The number of thioether (sulfide) groups is 1. The van der Waals surface area contributed by atoms with Gasteiger partial charge in [0.2, 0.25) is 5.91 Å². The lowest BCUT2D eigenvalue weighted by atomic mass is 10.0. The van der Waals surface area contributed by atoms with Crippen molar-refractivity contribution in [1.29, 1.82) is 0 Å². The molecule has 1 aromatic rings. The van der Waals surface area contributed by atoms with Crippen molar-refractivity contribution < 1.29 is 4.79 Å². The Kier molecular flexibility index (Phi) is 3.28. The maximum Gasteiger partial charge on any atom is 0.230 e. The molecule has 0 aromatic heterocycles. The van der Waals surface area contributed by atoms with Crippen molar-refractivity contribution in [2.24, 2.45) is 5.92 Å². The van der Waals surface area contributed by atoms with Crippen LogP contribution in [0.15, 0.2) is 29.2 Å². The molecule has 0 spiro atoms. The molecule has 1 heterocycles. The second-order valence-electron chi connectivity index (χ2n) is 3.54. The number of nitrogens with one attached hydrogen (secondary N) is 2. The summed E-state index contributed by atoms with van der Waals surface area (Å²) in [5.74, 6) is 0.259. The van der Waals surface area contributed by atoms with Gasteiger partial charge in [-0.05, 0) is 18.4 Å². The standard InChI is InChI=1S/C11H14N2OS/c1-15-10-5-3-2-4-9(10)13-11(14)8-6-12-7-8/h2-5,8,12H,6-7H2,1H3,(H,13,14). The number of hydrogen-bond donors (Lipinski definition) is 2. The lowest BCUT2D eigenvalue weighted by Gasteiger charge is -2.26. The highest BCUT2D eigenvalue weighted by atomic mass is 32.2. The first-order chi connectivity index (χ1) is 7.31. The van der Waals surface area contributed by atoms with Gasteiger partial charge in [-0.1, -0.05) is 12.1 Å². The topological polar surface area (TPSA) is 41.1 Å². The number of hydrogen-bond acceptors (Lipinski definition) is 3. The van der Waals surface area contributed by atoms with E-state index in [-0.39, 0.29) is 11.8 Å². The third kappa shape index (κ3) is 2.33. The van der Waals surface area contributed by atoms with Crippen LogP contribution in [0.2, 0.25) is 0 Å². The molecule has 4 heteroatoms. The Morgan fingerprint density at radius 1 is 1.47 bits per heavy atom. The zero-order chi connectivity index (χ0) is 10.7. The molecule has 0 aliphatic carbocycles. The Morgan fingerprint density at radius 2 is 2.20 bits per heavy atom. The normalized spacial score (nSPS) is 15.8. The Balaban J connectivity index is 2.05. The summed E-state index contributed by atoms with van der Waals surface area (Å²) in [6.45, 7) is 1.60. The molecule has 0 unspecified atom stereocenters. The van der Waals surface area contributed by atoms with E-state index < -0.39 is 0 Å². The highest BCUT2D eigenvalue weighted by Crippen LogP contribution is 2.25. The highest BCUT2D eigenvalue weighted by Gasteiger charge is 2.25. The molecule has 1 fully saturated rings. The van der Waals surface area contributed by atoms with E-state index in [4.69, 9.17) is 0 Å². The van der Waals surface area contributed by atoms with Crippen LogP contribution in [0.5, 0.6) is 0 Å². The number of benzene rings is 1. The molecule has 80 valence electrons. The average molecular weight is 222 g/mol. The number of rotatable bonds is 3. The van der Waals surface area contributed by atoms with Gasteiger partial charge in [-0.15, -0.1) is 11.8 Å². The minimum Gasteiger partial charge on any atom is -0.325 e. The molecule has 1 aliphatic rings. The van der Waals surface area contributed by atoms with Crippen LogP contribution in [0, 0.1) is 5.92 Å². The SMILES string of the molecule is CSc1ccccc1NC(=O)C1CNC1. The number of amides is 1. The Morgan fingerprint density at radius 3 is 2.80 bits per heavy atom. The van der Waals surface area contributed by atoms with Crippen LogP contribution in [-0.4, -0.2) is 25.3 Å². The predicted octanol–water partition coefficient (Wildman–Crippen LogP) is 1.57. The molecule has 1 aromatic carbocycles. The van der Waals surface area contributed by atoms with Crippen LogP contribution >= 0.6 is 11.8 Å². The molecular formula is C11H14N2OS. The van der Waals surface area contributed by atoms with Crippen LogP contribution in [0.4, 0.5) is 5.69 Å². The van der Waals surface area contributed by atoms with Crippen molar-refractivity contribution >= 4 is 23.4 Å². The third-order valence-corrected chi connectivity index (χ3v) is 3.31. The van der Waals surface area contributed by atoms with E-state index in [0.717, 1.165) is 23.7 Å². The average Bonchev–Trinajstić information content (AvgIpc) is 2.15. The van der Waals surface area contributed by atoms with E-state index in [1.807, 2.05) is 30.5 Å². The zero-order valence-corrected chi connectivity index (χ0v) is 9.43. The van der Waals surface area contributed by atoms with Gasteiger partial charge in [-0.3, -0.25) is 4.79 Å². The number of para-hydroxylation sites is 1. The quantitative estimate of drug-likeness (QED) is 0.763. The van der Waals surface area contributed by atoms with Gasteiger partial charge in [0.05, 0.1) is 11.6 Å². The smallest absolute Gasteiger partial charge is 0.230 e. The second-order valence-corrected chi connectivity index (χ2v) is 4.39. The number of anilines is 1. The zero-order valence-electron chi connectivity index (χ0n) is 8.62. The van der Waals surface area contributed by atoms with Crippen molar-refractivity contribution in [1.82, 2.24) is 5.32 Å². The molecule has 0 saturated carbocycles. The maximum atomic E-state index is 11.7. The fourth-order valence-corrected chi connectivity index (χ4v) is 2.01. The third-order valence-electron chi connectivity index (χ3n) is 2.52. The lowest BCUT2D eigenvalue weighted by molar-refractivity contribution is -0.121. The maximum absolute atomic E-state index is 11.7. The first kappa shape index (κ1) is 10.5. The monoisotopic (exact) mass is 222 g/mol. The van der Waals surface area contributed by atoms with Gasteiger partial charge >= 0.3 is 0 Å². The van der Waals surface area contributed by atoms with E-state index in [1.165, 1.54) is 0 Å². The summed E-state index contributed by atoms with van der Waals surface area (Å²) in [4.78, 5) is 12.8. The summed E-state index contributed by atoms with van der Waals surface area (Å²) in [5, 5.41) is 6.05. The van der Waals surface area contributed by atoms with Gasteiger partial charge in [-0.25, -0.2) is 0 Å². The first-order valence-corrected chi connectivity index (χ1v) is 6.18. The molecule has 1 aliphatic heterocycles. The Bertz CT molecular complexity index is 363. The highest BCUT2D eigenvalue weighted by molar-refractivity contribution is 7.98. The van der Waals surface area contributed by atoms with Gasteiger partial charge in [0.1, 0.15) is 0 Å². The summed E-state index contributed by atoms with van der Waals surface area (Å²) in [6, 6.07) is 7.87. The minimum absolute atomic E-state index is 0.121. The molecular weight excluding hydrogens is 208 g/mol. The summed E-state index contributed by atoms with van der Waals surface area (Å²) in [5.41, 5.74) is 0.918. The molecule has 1 amide bonds. The molecule has 0 bridgehead atoms. The van der Waals surface area contributed by atoms with Crippen molar-refractivity contribution in [2.45, 2.75) is 4.90 Å². The van der Waals surface area contributed by atoms with Crippen LogP contribution in [-0.2, 0) is 4.79 Å². The van der Waals surface area contributed by atoms with Crippen LogP contribution < -0.4 is 10.6 Å². The molecule has 2 rings (SSSR count). The summed E-state index contributed by atoms with van der Waals surface area (Å²) in [6.07, 6.45) is 2.01. The van der Waals surface area contributed by atoms with E-state index in [2.05, 4.69) is 10.6 Å². The molecule has 3 nitrogen and oxygen atoms in total. The van der Waals surface area contributed by atoms with Crippen LogP contribution in [0.1, 0.15) is 0 Å². The van der Waals surface area contributed by atoms with Crippen LogP contribution in [0.25, 0.3) is 0 Å². The van der Waals surface area contributed by atoms with Crippen LogP contribution in [0.3, 0.4) is 0 Å². The first-order valence-electron chi connectivity index (χ1n) is 4.96. The van der Waals surface area contributed by atoms with Crippen molar-refractivity contribution in [3.63, 3.8) is 0 Å². The number of carbonyl (C=O) groups is 1. The molecule has 0 radical (unpaired) electrons. The van der Waals surface area contributed by atoms with Crippen molar-refractivity contribution in [3.05, 3.63) is 24.3 Å². The molecule has 2 N–H and O–H groups in total. The number of carbonyl (C=O) groups excluding carboxylic acids is 1. The molecule has 1 saturated heterocycles. The predicted molar refractivity (Wildman–Crippen MR) is 63.2 cm³/mol. The van der Waals surface area contributed by atoms with E-state index in [9.17, 15) is 4.79 Å². The lowest BCUT2D eigenvalue weighted by Crippen LogP contribution is -2.48. The Labute approximate surface area is 93.6 Å². The summed E-state index contributed by atoms with van der Waals surface area (Å²) < 4.78 is 0. The van der Waals surface area contributed by atoms with Gasteiger partial charge in [0, 0.05) is 18.0 Å². The summed E-state index contributed by atoms with van der Waals surface area (Å²) in [7, 11) is 0. The van der Waals surface area contributed by atoms with E-state index in [0.29, 0.717) is 0 Å². The van der Waals surface area contributed by atoms with E-state index in [1.54, 1.807) is 11.8 Å². The second kappa shape index (κ2) is 4.68. The van der Waals surface area contributed by atoms with Gasteiger partial charge in [0.15, 0.2) is 0 Å². The van der Waals surface area contributed by atoms with Gasteiger partial charge in [-0.2, -0.15) is 0 Å². The van der Waals surface area contributed by atoms with Gasteiger partial charge < -0.3 is 10.6 Å². The largest absolute Gasteiger partial charge is 0.325 e. The fraction of sp³-hybridized carbons (Fsp3) is 0.364. The van der Waals surface area contributed by atoms with Crippen molar-refractivity contribution in [2.75, 3.05) is 24.7 Å². The van der Waals surface area contributed by atoms with E-state index >= 15 is 0 Å². The molecule has 15 heavy (non-hydrogen) atoms. The molecule has 0 atom stereocenters. The van der Waals surface area contributed by atoms with Gasteiger partial charge in [0.25, 0.3) is 0 Å².